The van der Waals surface area contributed by atoms with E-state index in [1.807, 2.05) is 7.05 Å². The van der Waals surface area contributed by atoms with Gasteiger partial charge in [0, 0.05) is 31.8 Å². The summed E-state index contributed by atoms with van der Waals surface area (Å²) < 4.78 is 5.19. The highest BCUT2D eigenvalue weighted by atomic mass is 16.5. The Labute approximate surface area is 83.8 Å². The number of rotatable bonds is 1. The minimum absolute atomic E-state index is 0.0100. The number of ether oxygens (including phenoxy) is 1. The second kappa shape index (κ2) is 3.51. The molecule has 2 fully saturated rings. The lowest BCUT2D eigenvalue weighted by molar-refractivity contribution is -0.149. The first kappa shape index (κ1) is 9.93. The molecular formula is C10H17NO3. The molecule has 0 aromatic rings. The van der Waals surface area contributed by atoms with Gasteiger partial charge in [0.15, 0.2) is 0 Å². The molecule has 0 spiro atoms. The predicted octanol–water partition coefficient (Wildman–Crippen LogP) is 0.145. The molecule has 2 aliphatic heterocycles. The first-order chi connectivity index (χ1) is 6.58. The average Bonchev–Trinajstić information content (AvgIpc) is 2.29. The van der Waals surface area contributed by atoms with Gasteiger partial charge in [-0.05, 0) is 13.5 Å². The van der Waals surface area contributed by atoms with Crippen molar-refractivity contribution < 1.29 is 14.6 Å². The Morgan fingerprint density at radius 3 is 2.71 bits per heavy atom. The van der Waals surface area contributed by atoms with Crippen LogP contribution in [-0.4, -0.2) is 47.3 Å². The Morgan fingerprint density at radius 2 is 2.14 bits per heavy atom. The Balaban J connectivity index is 2.00. The normalized spacial score (nSPS) is 42.5. The predicted molar refractivity (Wildman–Crippen MR) is 50.8 cm³/mol. The first-order valence-corrected chi connectivity index (χ1v) is 5.15. The molecule has 2 heterocycles. The van der Waals surface area contributed by atoms with Gasteiger partial charge >= 0.3 is 5.97 Å². The highest BCUT2D eigenvalue weighted by Crippen LogP contribution is 2.35. The van der Waals surface area contributed by atoms with Crippen molar-refractivity contribution in [3.8, 4) is 0 Å². The summed E-state index contributed by atoms with van der Waals surface area (Å²) >= 11 is 0. The van der Waals surface area contributed by atoms with Crippen molar-refractivity contribution in [1.29, 1.82) is 0 Å². The number of piperidine rings is 1. The third-order valence-electron chi connectivity index (χ3n) is 3.43. The number of esters is 1. The smallest absolute Gasteiger partial charge is 0.302 e. The maximum Gasteiger partial charge on any atom is 0.302 e. The molecule has 80 valence electrons. The van der Waals surface area contributed by atoms with Crippen LogP contribution >= 0.6 is 0 Å². The average molecular weight is 199 g/mol. The number of carbonyl (C=O) groups excluding carboxylic acids is 1. The summed E-state index contributed by atoms with van der Waals surface area (Å²) in [5.41, 5.74) is 0. The molecule has 0 amide bonds. The van der Waals surface area contributed by atoms with Crippen LogP contribution < -0.4 is 0 Å². The van der Waals surface area contributed by atoms with Gasteiger partial charge in [0.05, 0.1) is 6.10 Å². The molecular weight excluding hydrogens is 182 g/mol. The van der Waals surface area contributed by atoms with E-state index in [0.29, 0.717) is 6.04 Å². The van der Waals surface area contributed by atoms with Gasteiger partial charge in [0.25, 0.3) is 0 Å². The summed E-state index contributed by atoms with van der Waals surface area (Å²) in [5, 5.41) is 9.74. The van der Waals surface area contributed by atoms with Gasteiger partial charge in [-0.1, -0.05) is 0 Å². The Morgan fingerprint density at radius 1 is 1.43 bits per heavy atom. The molecule has 1 N–H and O–H groups in total. The Hall–Kier alpha value is -0.610. The maximum absolute atomic E-state index is 10.8. The van der Waals surface area contributed by atoms with Gasteiger partial charge in [-0.15, -0.1) is 0 Å². The van der Waals surface area contributed by atoms with Gasteiger partial charge in [-0.3, -0.25) is 9.69 Å². The lowest BCUT2D eigenvalue weighted by Crippen LogP contribution is -2.45. The third kappa shape index (κ3) is 1.64. The molecule has 2 saturated heterocycles. The molecule has 2 aliphatic rings. The quantitative estimate of drug-likeness (QED) is 0.610. The zero-order valence-corrected chi connectivity index (χ0v) is 8.64. The topological polar surface area (TPSA) is 49.8 Å². The first-order valence-electron chi connectivity index (χ1n) is 5.15. The zero-order chi connectivity index (χ0) is 10.3. The number of nitrogens with zero attached hydrogens (tertiary/aromatic N) is 1. The minimum atomic E-state index is -0.245. The van der Waals surface area contributed by atoms with Crippen LogP contribution in [0.4, 0.5) is 0 Å². The lowest BCUT2D eigenvalue weighted by Gasteiger charge is -2.35. The van der Waals surface area contributed by atoms with Crippen LogP contribution in [0.15, 0.2) is 0 Å². The standard InChI is InChI=1S/C10H17NO3/c1-6(12)14-8-3-7-4-10(13)9(5-8)11(7)2/h7-10,13H,3-5H2,1-2H3/t7-,8+,9+,10+/m1/s1. The molecule has 2 rings (SSSR count). The number of hydrogen-bond acceptors (Lipinski definition) is 4. The number of likely N-dealkylation sites (N-methyl/N-ethyl adjacent to an activating group) is 1. The van der Waals surface area contributed by atoms with Crippen molar-refractivity contribution in [2.75, 3.05) is 7.05 Å². The van der Waals surface area contributed by atoms with Crippen LogP contribution in [-0.2, 0) is 9.53 Å². The monoisotopic (exact) mass is 199 g/mol. The van der Waals surface area contributed by atoms with E-state index in [0.717, 1.165) is 19.3 Å². The van der Waals surface area contributed by atoms with Crippen LogP contribution in [0.3, 0.4) is 0 Å². The molecule has 14 heavy (non-hydrogen) atoms. The minimum Gasteiger partial charge on any atom is -0.462 e. The van der Waals surface area contributed by atoms with Gasteiger partial charge in [0.1, 0.15) is 6.10 Å². The Bertz CT molecular complexity index is 244. The highest BCUT2D eigenvalue weighted by molar-refractivity contribution is 5.66. The van der Waals surface area contributed by atoms with E-state index in [4.69, 9.17) is 4.74 Å². The highest BCUT2D eigenvalue weighted by Gasteiger charge is 2.45. The molecule has 0 saturated carbocycles. The zero-order valence-electron chi connectivity index (χ0n) is 8.64. The number of aliphatic hydroxyl groups excluding tert-OH is 1. The van der Waals surface area contributed by atoms with Gasteiger partial charge < -0.3 is 9.84 Å². The molecule has 4 atom stereocenters. The van der Waals surface area contributed by atoms with Gasteiger partial charge in [0.2, 0.25) is 0 Å². The number of aliphatic hydroxyl groups is 1. The second-order valence-corrected chi connectivity index (χ2v) is 4.39. The van der Waals surface area contributed by atoms with Crippen LogP contribution in [0.5, 0.6) is 0 Å². The van der Waals surface area contributed by atoms with Crippen molar-refractivity contribution in [2.24, 2.45) is 0 Å². The molecule has 0 aromatic carbocycles. The fourth-order valence-electron chi connectivity index (χ4n) is 2.73. The molecule has 4 nitrogen and oxygen atoms in total. The van der Waals surface area contributed by atoms with Crippen LogP contribution in [0.1, 0.15) is 26.2 Å². The van der Waals surface area contributed by atoms with Crippen LogP contribution in [0.25, 0.3) is 0 Å². The fraction of sp³-hybridized carbons (Fsp3) is 0.900. The summed E-state index contributed by atoms with van der Waals surface area (Å²) in [4.78, 5) is 13.0. The van der Waals surface area contributed by atoms with E-state index >= 15 is 0 Å². The van der Waals surface area contributed by atoms with E-state index in [1.165, 1.54) is 6.92 Å². The van der Waals surface area contributed by atoms with E-state index < -0.39 is 0 Å². The number of hydrogen-bond donors (Lipinski definition) is 1. The van der Waals surface area contributed by atoms with Crippen molar-refractivity contribution >= 4 is 5.97 Å². The summed E-state index contributed by atoms with van der Waals surface area (Å²) in [5.74, 6) is -0.214. The molecule has 0 aromatic heterocycles. The van der Waals surface area contributed by atoms with Gasteiger partial charge in [-0.2, -0.15) is 0 Å². The van der Waals surface area contributed by atoms with Crippen LogP contribution in [0.2, 0.25) is 0 Å². The molecule has 2 bridgehead atoms. The third-order valence-corrected chi connectivity index (χ3v) is 3.43. The summed E-state index contributed by atoms with van der Waals surface area (Å²) in [6.45, 7) is 1.44. The van der Waals surface area contributed by atoms with E-state index in [-0.39, 0.29) is 24.2 Å². The summed E-state index contributed by atoms with van der Waals surface area (Å²) in [6.07, 6.45) is 2.22. The number of fused-ring (bicyclic) bond motifs is 2. The largest absolute Gasteiger partial charge is 0.462 e. The molecule has 0 aliphatic carbocycles. The van der Waals surface area contributed by atoms with Crippen molar-refractivity contribution in [3.05, 3.63) is 0 Å². The summed E-state index contributed by atoms with van der Waals surface area (Å²) in [7, 11) is 2.04. The van der Waals surface area contributed by atoms with E-state index in [9.17, 15) is 9.90 Å². The van der Waals surface area contributed by atoms with Crippen molar-refractivity contribution in [1.82, 2.24) is 4.90 Å². The molecule has 0 unspecified atom stereocenters. The summed E-state index contributed by atoms with van der Waals surface area (Å²) in [6, 6.07) is 0.561. The van der Waals surface area contributed by atoms with Crippen molar-refractivity contribution in [2.45, 2.75) is 50.5 Å². The fourth-order valence-corrected chi connectivity index (χ4v) is 2.73. The maximum atomic E-state index is 10.8. The van der Waals surface area contributed by atoms with E-state index in [2.05, 4.69) is 4.90 Å². The van der Waals surface area contributed by atoms with E-state index in [1.54, 1.807) is 0 Å². The second-order valence-electron chi connectivity index (χ2n) is 4.39. The Kier molecular flexibility index (Phi) is 2.49. The molecule has 4 heteroatoms. The number of carbonyl (C=O) groups is 1. The van der Waals surface area contributed by atoms with Gasteiger partial charge in [-0.25, -0.2) is 0 Å². The van der Waals surface area contributed by atoms with Crippen molar-refractivity contribution in [3.63, 3.8) is 0 Å². The lowest BCUT2D eigenvalue weighted by atomic mass is 10.0. The molecule has 0 radical (unpaired) electrons. The SMILES string of the molecule is CC(=O)O[C@H]1C[C@@H]2C[C@H](O)[C@H](C1)N2C. The van der Waals surface area contributed by atoms with Crippen LogP contribution in [0, 0.1) is 0 Å².